The van der Waals surface area contributed by atoms with Gasteiger partial charge in [0.15, 0.2) is 0 Å². The van der Waals surface area contributed by atoms with E-state index in [0.717, 1.165) is 0 Å². The first-order valence-electron chi connectivity index (χ1n) is 3.48. The number of likely N-dealkylation sites (N-methyl/N-ethyl adjacent to an activating group) is 2. The van der Waals surface area contributed by atoms with Crippen LogP contribution in [0.15, 0.2) is 0 Å². The lowest BCUT2D eigenvalue weighted by Gasteiger charge is -2.20. The Hall–Kier alpha value is -1.01. The first-order valence-corrected chi connectivity index (χ1v) is 3.48. The molecule has 0 saturated heterocycles. The lowest BCUT2D eigenvalue weighted by Crippen LogP contribution is -2.41. The van der Waals surface area contributed by atoms with Crippen molar-refractivity contribution in [2.75, 3.05) is 20.6 Å². The molecule has 62 valence electrons. The van der Waals surface area contributed by atoms with Gasteiger partial charge in [0.1, 0.15) is 0 Å². The third-order valence-electron chi connectivity index (χ3n) is 1.63. The quantitative estimate of drug-likeness (QED) is 0.565. The van der Waals surface area contributed by atoms with Crippen molar-refractivity contribution in [3.8, 4) is 12.3 Å². The Morgan fingerprint density at radius 1 is 1.82 bits per heavy atom. The molecule has 1 N–H and O–H groups in total. The minimum atomic E-state index is -0.156. The minimum Gasteiger partial charge on any atom is -0.358 e. The molecule has 11 heavy (non-hydrogen) atoms. The molecule has 0 aliphatic carbocycles. The van der Waals surface area contributed by atoms with Crippen molar-refractivity contribution in [1.29, 1.82) is 0 Å². The van der Waals surface area contributed by atoms with Crippen molar-refractivity contribution in [1.82, 2.24) is 10.2 Å². The Bertz CT molecular complexity index is 171. The Morgan fingerprint density at radius 3 is 2.73 bits per heavy atom. The molecular formula is C8H14N2O. The van der Waals surface area contributed by atoms with E-state index >= 15 is 0 Å². The summed E-state index contributed by atoms with van der Waals surface area (Å²) >= 11 is 0. The second-order valence-corrected chi connectivity index (χ2v) is 2.41. The summed E-state index contributed by atoms with van der Waals surface area (Å²) in [5, 5.41) is 2.55. The Labute approximate surface area is 67.8 Å². The first-order chi connectivity index (χ1) is 5.13. The molecule has 1 atom stereocenters. The van der Waals surface area contributed by atoms with Gasteiger partial charge in [0.2, 0.25) is 5.91 Å². The zero-order valence-corrected chi connectivity index (χ0v) is 7.22. The van der Waals surface area contributed by atoms with E-state index in [1.165, 1.54) is 0 Å². The van der Waals surface area contributed by atoms with Crippen molar-refractivity contribution < 1.29 is 4.79 Å². The van der Waals surface area contributed by atoms with Crippen LogP contribution in [0.1, 0.15) is 6.92 Å². The van der Waals surface area contributed by atoms with E-state index in [1.54, 1.807) is 11.9 Å². The van der Waals surface area contributed by atoms with E-state index in [4.69, 9.17) is 6.42 Å². The maximum absolute atomic E-state index is 11.0. The van der Waals surface area contributed by atoms with E-state index in [9.17, 15) is 4.79 Å². The lowest BCUT2D eigenvalue weighted by atomic mass is 10.3. The maximum Gasteiger partial charge on any atom is 0.236 e. The molecule has 1 unspecified atom stereocenters. The molecule has 0 saturated carbocycles. The summed E-state index contributed by atoms with van der Waals surface area (Å²) in [6, 6.07) is -0.156. The van der Waals surface area contributed by atoms with Gasteiger partial charge in [0.05, 0.1) is 12.6 Å². The average Bonchev–Trinajstić information content (AvgIpc) is 2.02. The Kier molecular flexibility index (Phi) is 4.32. The number of hydrogen-bond acceptors (Lipinski definition) is 2. The highest BCUT2D eigenvalue weighted by Crippen LogP contribution is 1.92. The predicted octanol–water partition coefficient (Wildman–Crippen LogP) is -0.314. The topological polar surface area (TPSA) is 32.3 Å². The van der Waals surface area contributed by atoms with Crippen LogP contribution in [0.25, 0.3) is 0 Å². The van der Waals surface area contributed by atoms with Gasteiger partial charge in [0, 0.05) is 7.05 Å². The highest BCUT2D eigenvalue weighted by molar-refractivity contribution is 5.80. The normalized spacial score (nSPS) is 12.3. The Morgan fingerprint density at radius 2 is 2.36 bits per heavy atom. The van der Waals surface area contributed by atoms with Gasteiger partial charge >= 0.3 is 0 Å². The fraction of sp³-hybridized carbons (Fsp3) is 0.625. The summed E-state index contributed by atoms with van der Waals surface area (Å²) in [5.74, 6) is 2.46. The van der Waals surface area contributed by atoms with Gasteiger partial charge in [-0.25, -0.2) is 0 Å². The summed E-state index contributed by atoms with van der Waals surface area (Å²) < 4.78 is 0. The van der Waals surface area contributed by atoms with Gasteiger partial charge < -0.3 is 5.32 Å². The Balaban J connectivity index is 3.92. The van der Waals surface area contributed by atoms with Gasteiger partial charge in [-0.15, -0.1) is 6.42 Å². The van der Waals surface area contributed by atoms with Crippen LogP contribution < -0.4 is 5.32 Å². The fourth-order valence-electron chi connectivity index (χ4n) is 0.690. The molecule has 0 bridgehead atoms. The number of carbonyl (C=O) groups is 1. The number of carbonyl (C=O) groups excluding carboxylic acids is 1. The third kappa shape index (κ3) is 3.06. The van der Waals surface area contributed by atoms with Crippen molar-refractivity contribution >= 4 is 5.91 Å². The van der Waals surface area contributed by atoms with Crippen LogP contribution in [-0.2, 0) is 4.79 Å². The summed E-state index contributed by atoms with van der Waals surface area (Å²) in [5.41, 5.74) is 0. The van der Waals surface area contributed by atoms with Gasteiger partial charge in [0.25, 0.3) is 0 Å². The molecule has 0 aromatic heterocycles. The van der Waals surface area contributed by atoms with Crippen LogP contribution in [-0.4, -0.2) is 37.5 Å². The molecular weight excluding hydrogens is 140 g/mol. The largest absolute Gasteiger partial charge is 0.358 e. The van der Waals surface area contributed by atoms with E-state index in [-0.39, 0.29) is 11.9 Å². The van der Waals surface area contributed by atoms with Gasteiger partial charge in [-0.1, -0.05) is 5.92 Å². The molecule has 0 heterocycles. The number of nitrogens with one attached hydrogen (secondary N) is 1. The van der Waals surface area contributed by atoms with E-state index in [1.807, 2.05) is 14.0 Å². The monoisotopic (exact) mass is 154 g/mol. The zero-order valence-electron chi connectivity index (χ0n) is 7.22. The van der Waals surface area contributed by atoms with Crippen LogP contribution in [0.4, 0.5) is 0 Å². The molecule has 0 aliphatic heterocycles. The van der Waals surface area contributed by atoms with Crippen LogP contribution in [0, 0.1) is 12.3 Å². The van der Waals surface area contributed by atoms with E-state index in [2.05, 4.69) is 11.2 Å². The first kappa shape index (κ1) is 9.99. The third-order valence-corrected chi connectivity index (χ3v) is 1.63. The predicted molar refractivity (Wildman–Crippen MR) is 45.0 cm³/mol. The van der Waals surface area contributed by atoms with E-state index < -0.39 is 0 Å². The van der Waals surface area contributed by atoms with Crippen molar-refractivity contribution in [2.45, 2.75) is 13.0 Å². The zero-order chi connectivity index (χ0) is 8.85. The maximum atomic E-state index is 11.0. The smallest absolute Gasteiger partial charge is 0.236 e. The summed E-state index contributed by atoms with van der Waals surface area (Å²) in [6.07, 6.45) is 5.09. The van der Waals surface area contributed by atoms with Crippen LogP contribution in [0.3, 0.4) is 0 Å². The highest BCUT2D eigenvalue weighted by Gasteiger charge is 2.14. The van der Waals surface area contributed by atoms with Gasteiger partial charge in [-0.2, -0.15) is 0 Å². The molecule has 0 aliphatic rings. The summed E-state index contributed by atoms with van der Waals surface area (Å²) in [4.78, 5) is 12.8. The number of rotatable bonds is 3. The number of terminal acetylenes is 1. The van der Waals surface area contributed by atoms with Crippen LogP contribution >= 0.6 is 0 Å². The molecule has 0 spiro atoms. The summed E-state index contributed by atoms with van der Waals surface area (Å²) in [7, 11) is 3.43. The molecule has 3 heteroatoms. The summed E-state index contributed by atoms with van der Waals surface area (Å²) in [6.45, 7) is 2.31. The van der Waals surface area contributed by atoms with Crippen molar-refractivity contribution in [3.05, 3.63) is 0 Å². The second kappa shape index (κ2) is 4.75. The second-order valence-electron chi connectivity index (χ2n) is 2.41. The molecule has 0 aromatic rings. The van der Waals surface area contributed by atoms with Gasteiger partial charge in [-0.3, -0.25) is 9.69 Å². The van der Waals surface area contributed by atoms with Gasteiger partial charge in [-0.05, 0) is 14.0 Å². The van der Waals surface area contributed by atoms with E-state index in [0.29, 0.717) is 6.54 Å². The highest BCUT2D eigenvalue weighted by atomic mass is 16.2. The standard InChI is InChI=1S/C8H14N2O/c1-5-6-10(4)7(2)8(11)9-3/h1,7H,6H2,2-4H3,(H,9,11). The fourth-order valence-corrected chi connectivity index (χ4v) is 0.690. The SMILES string of the molecule is C#CCN(C)C(C)C(=O)NC. The molecule has 3 nitrogen and oxygen atoms in total. The molecule has 0 rings (SSSR count). The average molecular weight is 154 g/mol. The number of hydrogen-bond donors (Lipinski definition) is 1. The molecule has 0 aromatic carbocycles. The van der Waals surface area contributed by atoms with Crippen molar-refractivity contribution in [3.63, 3.8) is 0 Å². The van der Waals surface area contributed by atoms with Crippen LogP contribution in [0.5, 0.6) is 0 Å². The number of amides is 1. The lowest BCUT2D eigenvalue weighted by molar-refractivity contribution is -0.124. The van der Waals surface area contributed by atoms with Crippen molar-refractivity contribution in [2.24, 2.45) is 0 Å². The molecule has 0 fully saturated rings. The van der Waals surface area contributed by atoms with Crippen LogP contribution in [0.2, 0.25) is 0 Å². The minimum absolute atomic E-state index is 0.0113. The molecule has 1 amide bonds. The number of nitrogens with zero attached hydrogens (tertiary/aromatic N) is 1. The molecule has 0 radical (unpaired) electrons.